The first-order chi connectivity index (χ1) is 13.0. The second-order valence-electron chi connectivity index (χ2n) is 5.58. The van der Waals surface area contributed by atoms with Crippen LogP contribution in [0.3, 0.4) is 0 Å². The van der Waals surface area contributed by atoms with Crippen LogP contribution in [0.2, 0.25) is 0 Å². The molecule has 1 amide bonds. The Morgan fingerprint density at radius 3 is 2.74 bits per heavy atom. The zero-order valence-corrected chi connectivity index (χ0v) is 15.6. The minimum Gasteiger partial charge on any atom is -0.497 e. The first-order valence-corrected chi connectivity index (χ1v) is 9.05. The van der Waals surface area contributed by atoms with Crippen LogP contribution in [0.1, 0.15) is 17.3 Å². The maximum atomic E-state index is 12.1. The van der Waals surface area contributed by atoms with E-state index in [4.69, 9.17) is 9.15 Å². The van der Waals surface area contributed by atoms with E-state index in [-0.39, 0.29) is 17.4 Å². The lowest BCUT2D eigenvalue weighted by Gasteiger charge is -2.05. The number of methoxy groups -OCH3 is 1. The first-order valence-electron chi connectivity index (χ1n) is 8.07. The molecular weight excluding hydrogens is 366 g/mol. The van der Waals surface area contributed by atoms with Gasteiger partial charge in [0.05, 0.1) is 12.9 Å². The van der Waals surface area contributed by atoms with Crippen molar-refractivity contribution in [2.24, 2.45) is 0 Å². The second-order valence-corrected chi connectivity index (χ2v) is 6.51. The minimum atomic E-state index is -0.234. The fourth-order valence-electron chi connectivity index (χ4n) is 2.28. The van der Waals surface area contributed by atoms with E-state index in [0.717, 1.165) is 17.3 Å². The molecule has 8 heteroatoms. The Kier molecular flexibility index (Phi) is 5.87. The van der Waals surface area contributed by atoms with Gasteiger partial charge >= 0.3 is 0 Å². The third kappa shape index (κ3) is 4.95. The van der Waals surface area contributed by atoms with Crippen molar-refractivity contribution in [1.82, 2.24) is 10.2 Å². The van der Waals surface area contributed by atoms with Crippen LogP contribution in [-0.2, 0) is 4.79 Å². The van der Waals surface area contributed by atoms with Crippen molar-refractivity contribution in [2.45, 2.75) is 12.1 Å². The molecule has 0 spiro atoms. The summed E-state index contributed by atoms with van der Waals surface area (Å²) in [6, 6.07) is 14.1. The molecule has 0 atom stereocenters. The van der Waals surface area contributed by atoms with Gasteiger partial charge in [0.2, 0.25) is 11.8 Å². The van der Waals surface area contributed by atoms with E-state index in [1.165, 1.54) is 6.92 Å². The lowest BCUT2D eigenvalue weighted by Crippen LogP contribution is -2.14. The molecule has 3 rings (SSSR count). The third-order valence-corrected chi connectivity index (χ3v) is 4.42. The van der Waals surface area contributed by atoms with Gasteiger partial charge in [0.25, 0.3) is 5.22 Å². The standard InChI is InChI=1S/C19H17N3O4S/c1-12(23)13-5-3-7-15(9-13)20-17(24)11-27-19-22-21-18(26-19)14-6-4-8-16(10-14)25-2/h3-10H,11H2,1-2H3,(H,20,24). The van der Waals surface area contributed by atoms with Gasteiger partial charge in [0.15, 0.2) is 5.78 Å². The highest BCUT2D eigenvalue weighted by Gasteiger charge is 2.12. The molecule has 27 heavy (non-hydrogen) atoms. The Labute approximate surface area is 160 Å². The Balaban J connectivity index is 1.59. The van der Waals surface area contributed by atoms with Crippen molar-refractivity contribution < 1.29 is 18.7 Å². The summed E-state index contributed by atoms with van der Waals surface area (Å²) >= 11 is 1.13. The van der Waals surface area contributed by atoms with Gasteiger partial charge in [-0.1, -0.05) is 30.0 Å². The summed E-state index contributed by atoms with van der Waals surface area (Å²) in [7, 11) is 1.58. The summed E-state index contributed by atoms with van der Waals surface area (Å²) in [5, 5.41) is 11.0. The number of hydrogen-bond donors (Lipinski definition) is 1. The number of aromatic nitrogens is 2. The van der Waals surface area contributed by atoms with Gasteiger partial charge in [-0.15, -0.1) is 10.2 Å². The van der Waals surface area contributed by atoms with Crippen LogP contribution in [0.4, 0.5) is 5.69 Å². The molecule has 3 aromatic rings. The summed E-state index contributed by atoms with van der Waals surface area (Å²) in [6.45, 7) is 1.48. The largest absolute Gasteiger partial charge is 0.497 e. The molecule has 1 heterocycles. The Morgan fingerprint density at radius 2 is 1.96 bits per heavy atom. The Morgan fingerprint density at radius 1 is 1.15 bits per heavy atom. The lowest BCUT2D eigenvalue weighted by molar-refractivity contribution is -0.113. The smallest absolute Gasteiger partial charge is 0.277 e. The molecule has 0 aliphatic heterocycles. The molecule has 1 N–H and O–H groups in total. The molecule has 0 radical (unpaired) electrons. The average Bonchev–Trinajstić information content (AvgIpc) is 3.16. The zero-order valence-electron chi connectivity index (χ0n) is 14.8. The number of rotatable bonds is 7. The predicted octanol–water partition coefficient (Wildman–Crippen LogP) is 3.68. The lowest BCUT2D eigenvalue weighted by atomic mass is 10.1. The number of Topliss-reactive ketones (excluding diaryl/α,β-unsaturated/α-hetero) is 1. The maximum absolute atomic E-state index is 12.1. The summed E-state index contributed by atoms with van der Waals surface area (Å²) in [6.07, 6.45) is 0. The van der Waals surface area contributed by atoms with Gasteiger partial charge in [0, 0.05) is 16.8 Å². The van der Waals surface area contributed by atoms with Crippen molar-refractivity contribution in [3.8, 4) is 17.2 Å². The van der Waals surface area contributed by atoms with Gasteiger partial charge in [0.1, 0.15) is 5.75 Å². The molecule has 0 saturated heterocycles. The molecule has 0 fully saturated rings. The van der Waals surface area contributed by atoms with Gasteiger partial charge < -0.3 is 14.5 Å². The maximum Gasteiger partial charge on any atom is 0.277 e. The van der Waals surface area contributed by atoms with Crippen molar-refractivity contribution in [3.05, 3.63) is 54.1 Å². The van der Waals surface area contributed by atoms with Crippen LogP contribution >= 0.6 is 11.8 Å². The van der Waals surface area contributed by atoms with Crippen LogP contribution in [0.5, 0.6) is 5.75 Å². The summed E-state index contributed by atoms with van der Waals surface area (Å²) in [4.78, 5) is 23.5. The number of nitrogens with one attached hydrogen (secondary N) is 1. The zero-order chi connectivity index (χ0) is 19.2. The van der Waals surface area contributed by atoms with Crippen molar-refractivity contribution in [1.29, 1.82) is 0 Å². The highest BCUT2D eigenvalue weighted by molar-refractivity contribution is 7.99. The van der Waals surface area contributed by atoms with E-state index in [1.54, 1.807) is 37.4 Å². The van der Waals surface area contributed by atoms with E-state index in [0.29, 0.717) is 28.1 Å². The van der Waals surface area contributed by atoms with Crippen molar-refractivity contribution >= 4 is 29.1 Å². The molecular formula is C19H17N3O4S. The molecule has 7 nitrogen and oxygen atoms in total. The minimum absolute atomic E-state index is 0.0589. The Hall–Kier alpha value is -3.13. The number of carbonyl (C=O) groups is 2. The molecule has 1 aromatic heterocycles. The third-order valence-electron chi connectivity index (χ3n) is 3.60. The molecule has 2 aromatic carbocycles. The second kappa shape index (κ2) is 8.50. The first kappa shape index (κ1) is 18.7. The number of thioether (sulfide) groups is 1. The molecule has 0 aliphatic carbocycles. The van der Waals surface area contributed by atoms with Crippen LogP contribution in [0.25, 0.3) is 11.5 Å². The predicted molar refractivity (Wildman–Crippen MR) is 102 cm³/mol. The molecule has 138 valence electrons. The SMILES string of the molecule is COc1cccc(-c2nnc(SCC(=O)Nc3cccc(C(C)=O)c3)o2)c1. The summed E-state index contributed by atoms with van der Waals surface area (Å²) < 4.78 is 10.8. The van der Waals surface area contributed by atoms with Crippen LogP contribution in [0, 0.1) is 0 Å². The normalized spacial score (nSPS) is 10.4. The van der Waals surface area contributed by atoms with E-state index >= 15 is 0 Å². The van der Waals surface area contributed by atoms with Crippen LogP contribution < -0.4 is 10.1 Å². The van der Waals surface area contributed by atoms with Gasteiger partial charge in [-0.3, -0.25) is 9.59 Å². The molecule has 0 bridgehead atoms. The van der Waals surface area contributed by atoms with E-state index in [2.05, 4.69) is 15.5 Å². The number of anilines is 1. The van der Waals surface area contributed by atoms with Crippen LogP contribution in [-0.4, -0.2) is 34.8 Å². The molecule has 0 aliphatic rings. The topological polar surface area (TPSA) is 94.3 Å². The van der Waals surface area contributed by atoms with Crippen molar-refractivity contribution in [2.75, 3.05) is 18.2 Å². The highest BCUT2D eigenvalue weighted by atomic mass is 32.2. The van der Waals surface area contributed by atoms with Crippen molar-refractivity contribution in [3.63, 3.8) is 0 Å². The average molecular weight is 383 g/mol. The summed E-state index contributed by atoms with van der Waals surface area (Å²) in [5.74, 6) is 0.848. The van der Waals surface area contributed by atoms with Gasteiger partial charge in [-0.25, -0.2) is 0 Å². The number of ketones is 1. The number of nitrogens with zero attached hydrogens (tertiary/aromatic N) is 2. The quantitative estimate of drug-likeness (QED) is 0.491. The van der Waals surface area contributed by atoms with Gasteiger partial charge in [-0.05, 0) is 37.3 Å². The number of ether oxygens (including phenoxy) is 1. The highest BCUT2D eigenvalue weighted by Crippen LogP contribution is 2.26. The fraction of sp³-hybridized carbons (Fsp3) is 0.158. The number of amides is 1. The van der Waals surface area contributed by atoms with E-state index < -0.39 is 0 Å². The number of hydrogen-bond acceptors (Lipinski definition) is 7. The fourth-order valence-corrected chi connectivity index (χ4v) is 2.84. The van der Waals surface area contributed by atoms with Crippen LogP contribution in [0.15, 0.2) is 58.2 Å². The molecule has 0 unspecified atom stereocenters. The van der Waals surface area contributed by atoms with Gasteiger partial charge in [-0.2, -0.15) is 0 Å². The number of carbonyl (C=O) groups excluding carboxylic acids is 2. The van der Waals surface area contributed by atoms with E-state index in [9.17, 15) is 9.59 Å². The monoisotopic (exact) mass is 383 g/mol. The summed E-state index contributed by atoms with van der Waals surface area (Å²) in [5.41, 5.74) is 1.84. The Bertz CT molecular complexity index is 971. The molecule has 0 saturated carbocycles. The number of benzene rings is 2. The van der Waals surface area contributed by atoms with E-state index in [1.807, 2.05) is 18.2 Å².